The zero-order valence-electron chi connectivity index (χ0n) is 15.8. The molecular formula is C21H22N3O4+. The van der Waals surface area contributed by atoms with Gasteiger partial charge in [-0.1, -0.05) is 24.3 Å². The molecule has 3 aromatic rings. The van der Waals surface area contributed by atoms with Gasteiger partial charge in [0, 0.05) is 23.4 Å². The van der Waals surface area contributed by atoms with Crippen molar-refractivity contribution in [3.8, 4) is 5.75 Å². The number of likely N-dealkylation sites (N-methyl/N-ethyl adjacent to an activating group) is 1. The van der Waals surface area contributed by atoms with Gasteiger partial charge in [0.1, 0.15) is 12.3 Å². The van der Waals surface area contributed by atoms with E-state index in [1.807, 2.05) is 37.4 Å². The molecule has 0 bridgehead atoms. The van der Waals surface area contributed by atoms with Gasteiger partial charge in [-0.25, -0.2) is 0 Å². The normalized spacial score (nSPS) is 11.8. The van der Waals surface area contributed by atoms with Gasteiger partial charge < -0.3 is 15.0 Å². The third-order valence-corrected chi connectivity index (χ3v) is 4.42. The molecule has 1 atom stereocenters. The fraction of sp³-hybridized carbons (Fsp3) is 0.190. The first kappa shape index (κ1) is 19.3. The number of nitro groups is 1. The molecule has 0 aliphatic heterocycles. The van der Waals surface area contributed by atoms with Crippen LogP contribution < -0.4 is 15.0 Å². The molecule has 3 aromatic carbocycles. The van der Waals surface area contributed by atoms with Crippen LogP contribution in [0.3, 0.4) is 0 Å². The second-order valence-electron chi connectivity index (χ2n) is 6.71. The standard InChI is InChI=1S/C21H21N3O4/c1-23(14-21(25)22-18-4-3-5-19(12-18)24(26)27)13-15-6-7-17-11-20(28-2)9-8-16(17)10-15/h3-12H,13-14H2,1-2H3,(H,22,25)/p+1. The van der Waals surface area contributed by atoms with Crippen LogP contribution in [0, 0.1) is 10.1 Å². The number of anilines is 1. The molecule has 0 aromatic heterocycles. The fourth-order valence-corrected chi connectivity index (χ4v) is 3.10. The second kappa shape index (κ2) is 8.49. The third-order valence-electron chi connectivity index (χ3n) is 4.42. The van der Waals surface area contributed by atoms with Gasteiger partial charge in [0.15, 0.2) is 6.54 Å². The Labute approximate surface area is 162 Å². The van der Waals surface area contributed by atoms with E-state index in [1.165, 1.54) is 12.1 Å². The van der Waals surface area contributed by atoms with Crippen LogP contribution in [-0.4, -0.2) is 31.5 Å². The molecule has 0 spiro atoms. The number of nitrogens with zero attached hydrogens (tertiary/aromatic N) is 1. The van der Waals surface area contributed by atoms with Crippen molar-refractivity contribution in [2.75, 3.05) is 26.0 Å². The van der Waals surface area contributed by atoms with Crippen molar-refractivity contribution in [2.24, 2.45) is 0 Å². The molecule has 3 rings (SSSR count). The first-order chi connectivity index (χ1) is 13.4. The predicted molar refractivity (Wildman–Crippen MR) is 108 cm³/mol. The largest absolute Gasteiger partial charge is 0.497 e. The lowest BCUT2D eigenvalue weighted by Gasteiger charge is -2.14. The highest BCUT2D eigenvalue weighted by Gasteiger charge is 2.13. The van der Waals surface area contributed by atoms with Crippen molar-refractivity contribution in [2.45, 2.75) is 6.54 Å². The van der Waals surface area contributed by atoms with Crippen molar-refractivity contribution in [1.29, 1.82) is 0 Å². The molecule has 144 valence electrons. The molecule has 1 amide bonds. The van der Waals surface area contributed by atoms with Crippen LogP contribution >= 0.6 is 0 Å². The van der Waals surface area contributed by atoms with Crippen LogP contribution in [-0.2, 0) is 11.3 Å². The zero-order valence-corrected chi connectivity index (χ0v) is 15.8. The average Bonchev–Trinajstić information content (AvgIpc) is 2.67. The van der Waals surface area contributed by atoms with Crippen molar-refractivity contribution < 1.29 is 19.4 Å². The minimum atomic E-state index is -0.484. The van der Waals surface area contributed by atoms with E-state index in [2.05, 4.69) is 11.4 Å². The minimum absolute atomic E-state index is 0.0497. The van der Waals surface area contributed by atoms with Gasteiger partial charge in [-0.3, -0.25) is 14.9 Å². The molecule has 0 radical (unpaired) electrons. The van der Waals surface area contributed by atoms with Crippen LogP contribution in [0.15, 0.2) is 60.7 Å². The van der Waals surface area contributed by atoms with Gasteiger partial charge in [0.05, 0.1) is 19.1 Å². The SMILES string of the molecule is COc1ccc2cc(C[NH+](C)CC(=O)Nc3cccc([N+](=O)[O-])c3)ccc2c1. The van der Waals surface area contributed by atoms with E-state index in [-0.39, 0.29) is 18.1 Å². The fourth-order valence-electron chi connectivity index (χ4n) is 3.10. The minimum Gasteiger partial charge on any atom is -0.497 e. The summed E-state index contributed by atoms with van der Waals surface area (Å²) >= 11 is 0. The average molecular weight is 380 g/mol. The number of non-ortho nitro benzene ring substituents is 1. The molecule has 7 nitrogen and oxygen atoms in total. The first-order valence-electron chi connectivity index (χ1n) is 8.87. The highest BCUT2D eigenvalue weighted by molar-refractivity contribution is 5.91. The summed E-state index contributed by atoms with van der Waals surface area (Å²) in [6.07, 6.45) is 0. The van der Waals surface area contributed by atoms with Crippen LogP contribution in [0.25, 0.3) is 10.8 Å². The lowest BCUT2D eigenvalue weighted by Crippen LogP contribution is -3.08. The van der Waals surface area contributed by atoms with E-state index in [4.69, 9.17) is 4.74 Å². The van der Waals surface area contributed by atoms with Crippen LogP contribution in [0.5, 0.6) is 5.75 Å². The number of carbonyl (C=O) groups excluding carboxylic acids is 1. The number of rotatable bonds is 7. The van der Waals surface area contributed by atoms with Crippen molar-refractivity contribution in [3.05, 3.63) is 76.3 Å². The third kappa shape index (κ3) is 4.83. The quantitative estimate of drug-likeness (QED) is 0.487. The Morgan fingerprint density at radius 2 is 1.86 bits per heavy atom. The van der Waals surface area contributed by atoms with E-state index < -0.39 is 4.92 Å². The molecule has 0 fully saturated rings. The van der Waals surface area contributed by atoms with Gasteiger partial charge >= 0.3 is 0 Å². The van der Waals surface area contributed by atoms with Crippen LogP contribution in [0.1, 0.15) is 5.56 Å². The molecule has 0 aliphatic carbocycles. The predicted octanol–water partition coefficient (Wildman–Crippen LogP) is 2.41. The summed E-state index contributed by atoms with van der Waals surface area (Å²) in [6.45, 7) is 0.938. The van der Waals surface area contributed by atoms with E-state index in [0.29, 0.717) is 12.2 Å². The van der Waals surface area contributed by atoms with E-state index >= 15 is 0 Å². The number of hydrogen-bond acceptors (Lipinski definition) is 4. The maximum absolute atomic E-state index is 12.3. The Bertz CT molecular complexity index is 1020. The van der Waals surface area contributed by atoms with E-state index in [0.717, 1.165) is 27.0 Å². The van der Waals surface area contributed by atoms with Crippen molar-refractivity contribution in [3.63, 3.8) is 0 Å². The second-order valence-corrected chi connectivity index (χ2v) is 6.71. The summed E-state index contributed by atoms with van der Waals surface area (Å²) in [6, 6.07) is 18.1. The van der Waals surface area contributed by atoms with Crippen LogP contribution in [0.2, 0.25) is 0 Å². The Kier molecular flexibility index (Phi) is 5.86. The zero-order chi connectivity index (χ0) is 20.1. The lowest BCUT2D eigenvalue weighted by atomic mass is 10.1. The summed E-state index contributed by atoms with van der Waals surface area (Å²) < 4.78 is 5.24. The summed E-state index contributed by atoms with van der Waals surface area (Å²) in [4.78, 5) is 23.6. The van der Waals surface area contributed by atoms with Crippen LogP contribution in [0.4, 0.5) is 11.4 Å². The Morgan fingerprint density at radius 3 is 2.61 bits per heavy atom. The number of quaternary nitrogens is 1. The van der Waals surface area contributed by atoms with E-state index in [9.17, 15) is 14.9 Å². The van der Waals surface area contributed by atoms with Gasteiger partial charge in [-0.05, 0) is 35.0 Å². The maximum atomic E-state index is 12.3. The Hall–Kier alpha value is -3.45. The maximum Gasteiger partial charge on any atom is 0.279 e. The lowest BCUT2D eigenvalue weighted by molar-refractivity contribution is -0.885. The number of benzene rings is 3. The summed E-state index contributed by atoms with van der Waals surface area (Å²) in [5, 5.41) is 15.8. The highest BCUT2D eigenvalue weighted by Crippen LogP contribution is 2.21. The first-order valence-corrected chi connectivity index (χ1v) is 8.87. The van der Waals surface area contributed by atoms with Crippen molar-refractivity contribution >= 4 is 28.1 Å². The van der Waals surface area contributed by atoms with Gasteiger partial charge in [-0.15, -0.1) is 0 Å². The summed E-state index contributed by atoms with van der Waals surface area (Å²) in [7, 11) is 3.58. The smallest absolute Gasteiger partial charge is 0.279 e. The number of nitrogens with one attached hydrogen (secondary N) is 2. The molecule has 1 unspecified atom stereocenters. The molecule has 0 saturated carbocycles. The molecule has 7 heteroatoms. The van der Waals surface area contributed by atoms with Gasteiger partial charge in [0.25, 0.3) is 11.6 Å². The Morgan fingerprint density at radius 1 is 1.11 bits per heavy atom. The number of fused-ring (bicyclic) bond motifs is 1. The number of methoxy groups -OCH3 is 1. The Balaban J connectivity index is 1.61. The molecule has 0 heterocycles. The molecule has 0 aliphatic rings. The number of nitro benzene ring substituents is 1. The molecular weight excluding hydrogens is 358 g/mol. The summed E-state index contributed by atoms with van der Waals surface area (Å²) in [5.74, 6) is 0.629. The molecule has 28 heavy (non-hydrogen) atoms. The number of carbonyl (C=O) groups is 1. The van der Waals surface area contributed by atoms with Crippen molar-refractivity contribution in [1.82, 2.24) is 0 Å². The number of amides is 1. The molecule has 0 saturated heterocycles. The van der Waals surface area contributed by atoms with Gasteiger partial charge in [-0.2, -0.15) is 0 Å². The highest BCUT2D eigenvalue weighted by atomic mass is 16.6. The summed E-state index contributed by atoms with van der Waals surface area (Å²) in [5.41, 5.74) is 1.50. The van der Waals surface area contributed by atoms with Gasteiger partial charge in [0.2, 0.25) is 0 Å². The number of ether oxygens (including phenoxy) is 1. The molecule has 2 N–H and O–H groups in total. The number of hydrogen-bond donors (Lipinski definition) is 2. The topological polar surface area (TPSA) is 85.9 Å². The van der Waals surface area contributed by atoms with E-state index in [1.54, 1.807) is 19.2 Å². The monoisotopic (exact) mass is 380 g/mol.